The molecule has 0 bridgehead atoms. The van der Waals surface area contributed by atoms with E-state index < -0.39 is 5.97 Å². The van der Waals surface area contributed by atoms with Crippen molar-refractivity contribution in [3.05, 3.63) is 35.8 Å². The summed E-state index contributed by atoms with van der Waals surface area (Å²) in [6.07, 6.45) is 3.03. The summed E-state index contributed by atoms with van der Waals surface area (Å²) in [6, 6.07) is 5.26. The molecule has 6 heteroatoms. The number of hydrogen-bond acceptors (Lipinski definition) is 3. The topological polar surface area (TPSA) is 83.7 Å². The normalized spacial score (nSPS) is 12.3. The third-order valence-electron chi connectivity index (χ3n) is 3.32. The van der Waals surface area contributed by atoms with E-state index in [2.05, 4.69) is 10.3 Å². The van der Waals surface area contributed by atoms with Gasteiger partial charge < -0.3 is 14.8 Å². The van der Waals surface area contributed by atoms with E-state index in [1.54, 1.807) is 6.20 Å². The maximum Gasteiger partial charge on any atom is 0.305 e. The number of nitrogens with zero attached hydrogens (tertiary/aromatic N) is 2. The van der Waals surface area contributed by atoms with Crippen LogP contribution in [0.1, 0.15) is 42.4 Å². The van der Waals surface area contributed by atoms with E-state index in [0.29, 0.717) is 17.8 Å². The van der Waals surface area contributed by atoms with E-state index in [4.69, 9.17) is 5.11 Å². The lowest BCUT2D eigenvalue weighted by Gasteiger charge is -2.14. The van der Waals surface area contributed by atoms with Gasteiger partial charge in [0.25, 0.3) is 5.91 Å². The number of amides is 1. The lowest BCUT2D eigenvalue weighted by atomic mass is 10.1. The van der Waals surface area contributed by atoms with Gasteiger partial charge in [0.15, 0.2) is 0 Å². The van der Waals surface area contributed by atoms with E-state index in [0.717, 1.165) is 12.1 Å². The molecule has 0 aliphatic rings. The van der Waals surface area contributed by atoms with Crippen molar-refractivity contribution in [1.29, 1.82) is 0 Å². The minimum Gasteiger partial charge on any atom is -0.481 e. The van der Waals surface area contributed by atoms with Crippen LogP contribution < -0.4 is 5.32 Å². The van der Waals surface area contributed by atoms with Gasteiger partial charge in [0.05, 0.1) is 6.42 Å². The summed E-state index contributed by atoms with van der Waals surface area (Å²) in [5, 5.41) is 11.6. The van der Waals surface area contributed by atoms with Gasteiger partial charge in [-0.1, -0.05) is 19.4 Å². The number of aromatic nitrogens is 2. The van der Waals surface area contributed by atoms with E-state index >= 15 is 0 Å². The number of aryl methyl sites for hydroxylation is 1. The Labute approximate surface area is 122 Å². The molecule has 112 valence electrons. The SMILES string of the molecule is CCCC(CC(=O)O)NC(=O)c1cn2c(C)cccc2n1. The molecule has 2 aromatic heterocycles. The molecule has 6 nitrogen and oxygen atoms in total. The minimum atomic E-state index is -0.917. The first kappa shape index (κ1) is 15.0. The zero-order valence-corrected chi connectivity index (χ0v) is 12.2. The first-order chi connectivity index (χ1) is 10.0. The van der Waals surface area contributed by atoms with Gasteiger partial charge >= 0.3 is 5.97 Å². The molecule has 0 aliphatic heterocycles. The van der Waals surface area contributed by atoms with Gasteiger partial charge in [-0.15, -0.1) is 0 Å². The van der Waals surface area contributed by atoms with Crippen LogP contribution in [0.15, 0.2) is 24.4 Å². The molecule has 1 amide bonds. The summed E-state index contributed by atoms with van der Waals surface area (Å²) in [5.74, 6) is -1.25. The number of carboxylic acids is 1. The van der Waals surface area contributed by atoms with Crippen LogP contribution in [0.25, 0.3) is 5.65 Å². The molecular formula is C15H19N3O3. The summed E-state index contributed by atoms with van der Waals surface area (Å²) in [7, 11) is 0. The zero-order chi connectivity index (χ0) is 15.4. The molecule has 0 radical (unpaired) electrons. The van der Waals surface area contributed by atoms with Crippen LogP contribution in [0.5, 0.6) is 0 Å². The largest absolute Gasteiger partial charge is 0.481 e. The van der Waals surface area contributed by atoms with Crippen molar-refractivity contribution in [3.8, 4) is 0 Å². The number of pyridine rings is 1. The Morgan fingerprint density at radius 2 is 2.19 bits per heavy atom. The fraction of sp³-hybridized carbons (Fsp3) is 0.400. The average molecular weight is 289 g/mol. The van der Waals surface area contributed by atoms with Crippen LogP contribution in [0.3, 0.4) is 0 Å². The van der Waals surface area contributed by atoms with Gasteiger partial charge in [0.1, 0.15) is 11.3 Å². The molecule has 2 N–H and O–H groups in total. The fourth-order valence-electron chi connectivity index (χ4n) is 2.30. The lowest BCUT2D eigenvalue weighted by molar-refractivity contribution is -0.137. The smallest absolute Gasteiger partial charge is 0.305 e. The maximum absolute atomic E-state index is 12.2. The van der Waals surface area contributed by atoms with Crippen molar-refractivity contribution in [1.82, 2.24) is 14.7 Å². The number of fused-ring (bicyclic) bond motifs is 1. The van der Waals surface area contributed by atoms with Gasteiger partial charge in [0, 0.05) is 17.9 Å². The molecule has 0 fully saturated rings. The number of hydrogen-bond donors (Lipinski definition) is 2. The van der Waals surface area contributed by atoms with Gasteiger partial charge in [-0.05, 0) is 25.5 Å². The number of imidazole rings is 1. The third-order valence-corrected chi connectivity index (χ3v) is 3.32. The molecule has 2 rings (SSSR count). The molecule has 21 heavy (non-hydrogen) atoms. The fourth-order valence-corrected chi connectivity index (χ4v) is 2.30. The van der Waals surface area contributed by atoms with Gasteiger partial charge in [-0.3, -0.25) is 9.59 Å². The molecule has 0 aromatic carbocycles. The number of aliphatic carboxylic acids is 1. The number of carbonyl (C=O) groups is 2. The van der Waals surface area contributed by atoms with Crippen molar-refractivity contribution in [2.24, 2.45) is 0 Å². The Hall–Kier alpha value is -2.37. The Kier molecular flexibility index (Phi) is 4.57. The van der Waals surface area contributed by atoms with E-state index in [1.807, 2.05) is 36.4 Å². The highest BCUT2D eigenvalue weighted by molar-refractivity contribution is 5.93. The summed E-state index contributed by atoms with van der Waals surface area (Å²) in [4.78, 5) is 27.3. The zero-order valence-electron chi connectivity index (χ0n) is 12.2. The van der Waals surface area contributed by atoms with Crippen LogP contribution in [-0.4, -0.2) is 32.4 Å². The highest BCUT2D eigenvalue weighted by Crippen LogP contribution is 2.10. The summed E-state index contributed by atoms with van der Waals surface area (Å²) < 4.78 is 1.83. The molecule has 0 aliphatic carbocycles. The maximum atomic E-state index is 12.2. The molecule has 0 saturated carbocycles. The van der Waals surface area contributed by atoms with Crippen molar-refractivity contribution in [2.45, 2.75) is 39.2 Å². The molecule has 0 saturated heterocycles. The Balaban J connectivity index is 2.17. The predicted molar refractivity (Wildman–Crippen MR) is 78.3 cm³/mol. The monoisotopic (exact) mass is 289 g/mol. The lowest BCUT2D eigenvalue weighted by Crippen LogP contribution is -2.36. The molecule has 0 spiro atoms. The van der Waals surface area contributed by atoms with Crippen LogP contribution in [0, 0.1) is 6.92 Å². The van der Waals surface area contributed by atoms with Gasteiger partial charge in [-0.25, -0.2) is 4.98 Å². The summed E-state index contributed by atoms with van der Waals surface area (Å²) >= 11 is 0. The number of nitrogens with one attached hydrogen (secondary N) is 1. The van der Waals surface area contributed by atoms with E-state index in [-0.39, 0.29) is 18.4 Å². The van der Waals surface area contributed by atoms with Gasteiger partial charge in [0.2, 0.25) is 0 Å². The molecule has 1 atom stereocenters. The first-order valence-corrected chi connectivity index (χ1v) is 6.98. The quantitative estimate of drug-likeness (QED) is 0.852. The summed E-state index contributed by atoms with van der Waals surface area (Å²) in [6.45, 7) is 3.88. The van der Waals surface area contributed by atoms with Crippen LogP contribution >= 0.6 is 0 Å². The molecule has 2 heterocycles. The number of rotatable bonds is 6. The third kappa shape index (κ3) is 3.59. The first-order valence-electron chi connectivity index (χ1n) is 6.98. The minimum absolute atomic E-state index is 0.0774. The Morgan fingerprint density at radius 1 is 1.43 bits per heavy atom. The second-order valence-corrected chi connectivity index (χ2v) is 5.08. The van der Waals surface area contributed by atoms with Crippen LogP contribution in [0.2, 0.25) is 0 Å². The van der Waals surface area contributed by atoms with Crippen molar-refractivity contribution in [2.75, 3.05) is 0 Å². The second-order valence-electron chi connectivity index (χ2n) is 5.08. The standard InChI is InChI=1S/C15H19N3O3/c1-3-5-11(8-14(19)20)16-15(21)12-9-18-10(2)6-4-7-13(18)17-12/h4,6-7,9,11H,3,5,8H2,1-2H3,(H,16,21)(H,19,20). The average Bonchev–Trinajstić information content (AvgIpc) is 2.83. The Bertz CT molecular complexity index is 663. The molecule has 1 unspecified atom stereocenters. The van der Waals surface area contributed by atoms with Crippen molar-refractivity contribution >= 4 is 17.5 Å². The van der Waals surface area contributed by atoms with Crippen molar-refractivity contribution < 1.29 is 14.7 Å². The second kappa shape index (κ2) is 6.39. The van der Waals surface area contributed by atoms with Gasteiger partial charge in [-0.2, -0.15) is 0 Å². The Morgan fingerprint density at radius 3 is 2.81 bits per heavy atom. The highest BCUT2D eigenvalue weighted by atomic mass is 16.4. The van der Waals surface area contributed by atoms with Crippen LogP contribution in [-0.2, 0) is 4.79 Å². The highest BCUT2D eigenvalue weighted by Gasteiger charge is 2.18. The summed E-state index contributed by atoms with van der Waals surface area (Å²) in [5.41, 5.74) is 1.98. The predicted octanol–water partition coefficient (Wildman–Crippen LogP) is 2.02. The number of carbonyl (C=O) groups excluding carboxylic acids is 1. The van der Waals surface area contributed by atoms with Crippen molar-refractivity contribution in [3.63, 3.8) is 0 Å². The molecular weight excluding hydrogens is 270 g/mol. The van der Waals surface area contributed by atoms with Crippen LogP contribution in [0.4, 0.5) is 0 Å². The molecule has 2 aromatic rings. The number of carboxylic acid groups (broad SMARTS) is 1. The van der Waals surface area contributed by atoms with E-state index in [9.17, 15) is 9.59 Å². The van der Waals surface area contributed by atoms with E-state index in [1.165, 1.54) is 0 Å².